The third-order valence-corrected chi connectivity index (χ3v) is 3.99. The summed E-state index contributed by atoms with van der Waals surface area (Å²) in [5.74, 6) is 0. The predicted octanol–water partition coefficient (Wildman–Crippen LogP) is 0.760. The molecule has 1 rings (SSSR count). The normalized spacial score (nSPS) is 30.7. The van der Waals surface area contributed by atoms with Gasteiger partial charge in [-0.1, -0.05) is 13.8 Å². The number of aliphatic hydroxyl groups is 1. The lowest BCUT2D eigenvalue weighted by Gasteiger charge is -2.45. The zero-order chi connectivity index (χ0) is 13.9. The van der Waals surface area contributed by atoms with Crippen LogP contribution in [0.1, 0.15) is 34.6 Å². The van der Waals surface area contributed by atoms with Crippen LogP contribution in [0.5, 0.6) is 0 Å². The minimum absolute atomic E-state index is 0.181. The fraction of sp³-hybridized carbons (Fsp3) is 1.00. The minimum atomic E-state index is -0.205. The fourth-order valence-corrected chi connectivity index (χ4v) is 2.97. The highest BCUT2D eigenvalue weighted by Crippen LogP contribution is 2.16. The zero-order valence-electron chi connectivity index (χ0n) is 12.9. The van der Waals surface area contributed by atoms with E-state index in [2.05, 4.69) is 56.8 Å². The highest BCUT2D eigenvalue weighted by molar-refractivity contribution is 4.91. The summed E-state index contributed by atoms with van der Waals surface area (Å²) in [7, 11) is 2.20. The van der Waals surface area contributed by atoms with Crippen LogP contribution >= 0.6 is 0 Å². The summed E-state index contributed by atoms with van der Waals surface area (Å²) in [4.78, 5) is 4.91. The van der Waals surface area contributed by atoms with Crippen molar-refractivity contribution in [3.63, 3.8) is 0 Å². The Morgan fingerprint density at radius 1 is 1.28 bits per heavy atom. The minimum Gasteiger partial charge on any atom is -0.394 e. The molecule has 108 valence electrons. The fourth-order valence-electron chi connectivity index (χ4n) is 2.97. The Kier molecular flexibility index (Phi) is 5.59. The maximum atomic E-state index is 9.65. The molecule has 0 aromatic carbocycles. The first-order valence-corrected chi connectivity index (χ1v) is 7.10. The molecule has 1 saturated heterocycles. The predicted molar refractivity (Wildman–Crippen MR) is 76.9 cm³/mol. The number of nitrogens with zero attached hydrogens (tertiary/aromatic N) is 2. The topological polar surface area (TPSA) is 38.7 Å². The number of likely N-dealkylation sites (N-methyl/N-ethyl adjacent to an activating group) is 1. The number of rotatable bonds is 5. The second kappa shape index (κ2) is 6.33. The molecule has 1 fully saturated rings. The highest BCUT2D eigenvalue weighted by atomic mass is 16.3. The second-order valence-corrected chi connectivity index (χ2v) is 6.58. The molecule has 0 saturated carbocycles. The second-order valence-electron chi connectivity index (χ2n) is 6.58. The van der Waals surface area contributed by atoms with Crippen LogP contribution in [0.15, 0.2) is 0 Å². The molecule has 18 heavy (non-hydrogen) atoms. The Morgan fingerprint density at radius 2 is 1.78 bits per heavy atom. The van der Waals surface area contributed by atoms with E-state index in [1.54, 1.807) is 0 Å². The van der Waals surface area contributed by atoms with E-state index >= 15 is 0 Å². The molecule has 0 aliphatic carbocycles. The van der Waals surface area contributed by atoms with E-state index in [9.17, 15) is 5.11 Å². The van der Waals surface area contributed by atoms with Crippen LogP contribution in [-0.2, 0) is 0 Å². The van der Waals surface area contributed by atoms with E-state index in [-0.39, 0.29) is 12.1 Å². The average Bonchev–Trinajstić information content (AvgIpc) is 2.24. The van der Waals surface area contributed by atoms with Crippen LogP contribution in [0.3, 0.4) is 0 Å². The quantitative estimate of drug-likeness (QED) is 0.763. The molecule has 0 aromatic heterocycles. The summed E-state index contributed by atoms with van der Waals surface area (Å²) in [6.45, 7) is 14.2. The van der Waals surface area contributed by atoms with E-state index in [0.29, 0.717) is 18.1 Å². The number of nitrogens with one attached hydrogen (secondary N) is 1. The van der Waals surface area contributed by atoms with Gasteiger partial charge in [0.25, 0.3) is 0 Å². The highest BCUT2D eigenvalue weighted by Gasteiger charge is 2.32. The lowest BCUT2D eigenvalue weighted by molar-refractivity contribution is 0.0302. The van der Waals surface area contributed by atoms with Gasteiger partial charge in [-0.3, -0.25) is 9.80 Å². The van der Waals surface area contributed by atoms with Crippen LogP contribution in [0, 0.1) is 0 Å². The standard InChI is InChI=1S/C14H31N3O/c1-11(2)15-14(5,10-18)9-17-7-12(3)16(6)13(4)8-17/h11-13,15,18H,7-10H2,1-6H3. The molecule has 3 atom stereocenters. The summed E-state index contributed by atoms with van der Waals surface area (Å²) >= 11 is 0. The molecular formula is C14H31N3O. The zero-order valence-corrected chi connectivity index (χ0v) is 12.9. The Balaban J connectivity index is 2.60. The molecule has 2 N–H and O–H groups in total. The number of aliphatic hydroxyl groups excluding tert-OH is 1. The molecule has 0 amide bonds. The van der Waals surface area contributed by atoms with E-state index in [1.165, 1.54) is 0 Å². The van der Waals surface area contributed by atoms with Crippen molar-refractivity contribution in [3.8, 4) is 0 Å². The lowest BCUT2D eigenvalue weighted by atomic mass is 9.99. The summed E-state index contributed by atoms with van der Waals surface area (Å²) in [5, 5.41) is 13.1. The average molecular weight is 257 g/mol. The number of piperazine rings is 1. The molecule has 4 heteroatoms. The molecule has 0 aromatic rings. The van der Waals surface area contributed by atoms with Crippen molar-refractivity contribution < 1.29 is 5.11 Å². The van der Waals surface area contributed by atoms with E-state index in [4.69, 9.17) is 0 Å². The first-order valence-electron chi connectivity index (χ1n) is 7.10. The molecule has 0 radical (unpaired) electrons. The van der Waals surface area contributed by atoms with Crippen molar-refractivity contribution in [1.29, 1.82) is 0 Å². The third-order valence-electron chi connectivity index (χ3n) is 3.99. The van der Waals surface area contributed by atoms with E-state index < -0.39 is 0 Å². The maximum Gasteiger partial charge on any atom is 0.0623 e. The van der Waals surface area contributed by atoms with Crippen LogP contribution in [-0.4, -0.2) is 71.9 Å². The smallest absolute Gasteiger partial charge is 0.0623 e. The van der Waals surface area contributed by atoms with Gasteiger partial charge in [0.05, 0.1) is 12.1 Å². The summed E-state index contributed by atoms with van der Waals surface area (Å²) in [6.07, 6.45) is 0. The van der Waals surface area contributed by atoms with Gasteiger partial charge in [-0.05, 0) is 27.8 Å². The maximum absolute atomic E-state index is 9.65. The van der Waals surface area contributed by atoms with Crippen molar-refractivity contribution >= 4 is 0 Å². The van der Waals surface area contributed by atoms with Crippen molar-refractivity contribution in [2.75, 3.05) is 33.3 Å². The third kappa shape index (κ3) is 4.19. The van der Waals surface area contributed by atoms with Gasteiger partial charge in [0, 0.05) is 37.8 Å². The van der Waals surface area contributed by atoms with Crippen molar-refractivity contribution in [1.82, 2.24) is 15.1 Å². The van der Waals surface area contributed by atoms with Crippen LogP contribution in [0.4, 0.5) is 0 Å². The Morgan fingerprint density at radius 3 is 2.17 bits per heavy atom. The molecule has 1 aliphatic rings. The molecule has 0 spiro atoms. The van der Waals surface area contributed by atoms with Gasteiger partial charge in [0.15, 0.2) is 0 Å². The van der Waals surface area contributed by atoms with Gasteiger partial charge in [0.1, 0.15) is 0 Å². The Labute approximate surface area is 112 Å². The van der Waals surface area contributed by atoms with Crippen molar-refractivity contribution in [2.45, 2.75) is 58.3 Å². The van der Waals surface area contributed by atoms with Crippen molar-refractivity contribution in [3.05, 3.63) is 0 Å². The van der Waals surface area contributed by atoms with Gasteiger partial charge >= 0.3 is 0 Å². The van der Waals surface area contributed by atoms with Crippen LogP contribution < -0.4 is 5.32 Å². The van der Waals surface area contributed by atoms with Gasteiger partial charge in [0.2, 0.25) is 0 Å². The van der Waals surface area contributed by atoms with Crippen molar-refractivity contribution in [2.24, 2.45) is 0 Å². The molecule has 0 bridgehead atoms. The molecule has 1 heterocycles. The lowest BCUT2D eigenvalue weighted by Crippen LogP contribution is -2.62. The Bertz CT molecular complexity index is 247. The van der Waals surface area contributed by atoms with Crippen LogP contribution in [0.2, 0.25) is 0 Å². The molecule has 3 unspecified atom stereocenters. The first kappa shape index (κ1) is 15.9. The summed E-state index contributed by atoms with van der Waals surface area (Å²) in [5.41, 5.74) is -0.205. The molecular weight excluding hydrogens is 226 g/mol. The van der Waals surface area contributed by atoms with Gasteiger partial charge in [-0.2, -0.15) is 0 Å². The largest absolute Gasteiger partial charge is 0.394 e. The van der Waals surface area contributed by atoms with E-state index in [0.717, 1.165) is 19.6 Å². The van der Waals surface area contributed by atoms with Gasteiger partial charge < -0.3 is 10.4 Å². The summed E-state index contributed by atoms with van der Waals surface area (Å²) < 4.78 is 0. The molecule has 1 aliphatic heterocycles. The number of hydrogen-bond acceptors (Lipinski definition) is 4. The first-order chi connectivity index (χ1) is 8.27. The van der Waals surface area contributed by atoms with Gasteiger partial charge in [-0.15, -0.1) is 0 Å². The van der Waals surface area contributed by atoms with Gasteiger partial charge in [-0.25, -0.2) is 0 Å². The number of hydrogen-bond donors (Lipinski definition) is 2. The monoisotopic (exact) mass is 257 g/mol. The van der Waals surface area contributed by atoms with E-state index in [1.807, 2.05) is 0 Å². The molecule has 4 nitrogen and oxygen atoms in total. The van der Waals surface area contributed by atoms with Crippen LogP contribution in [0.25, 0.3) is 0 Å². The summed E-state index contributed by atoms with van der Waals surface area (Å²) in [6, 6.07) is 1.55. The Hall–Kier alpha value is -0.160. The SMILES string of the molecule is CC(C)NC(C)(CO)CN1CC(C)N(C)C(C)C1.